The van der Waals surface area contributed by atoms with E-state index in [0.29, 0.717) is 4.32 Å². The number of thiocarbonyl (C=S) groups is 1. The molecule has 0 rings (SSSR count). The minimum Gasteiger partial charge on any atom is -1.00 e. The van der Waals surface area contributed by atoms with E-state index in [2.05, 4.69) is 26.5 Å². The molecule has 0 radical (unpaired) electrons. The van der Waals surface area contributed by atoms with Crippen molar-refractivity contribution in [1.82, 2.24) is 4.90 Å². The second-order valence-corrected chi connectivity index (χ2v) is 2.57. The third kappa shape index (κ3) is 8.34. The number of rotatable bonds is 2. The minimum atomic E-state index is 0. The molecule has 0 fully saturated rings. The average molecular weight is 197 g/mol. The Morgan fingerprint density at radius 1 is 1.40 bits per heavy atom. The van der Waals surface area contributed by atoms with Crippen molar-refractivity contribution >= 4 is 29.2 Å². The van der Waals surface area contributed by atoms with Crippen molar-refractivity contribution in [2.45, 2.75) is 13.8 Å². The SMILES string of the molecule is CCN(CC)C(=S)S.[H-].[H-].[Na+].[Na+]. The first kappa shape index (κ1) is 18.1. The van der Waals surface area contributed by atoms with E-state index in [1.54, 1.807) is 0 Å². The van der Waals surface area contributed by atoms with Gasteiger partial charge < -0.3 is 7.75 Å². The molecule has 0 aliphatic carbocycles. The molecule has 0 aliphatic rings. The van der Waals surface area contributed by atoms with Gasteiger partial charge in [-0.15, -0.1) is 12.6 Å². The Hall–Kier alpha value is 2.24. The van der Waals surface area contributed by atoms with E-state index < -0.39 is 0 Å². The van der Waals surface area contributed by atoms with E-state index in [4.69, 9.17) is 12.2 Å². The van der Waals surface area contributed by atoms with E-state index in [1.165, 1.54) is 0 Å². The Bertz CT molecular complexity index is 93.5. The normalized spacial score (nSPS) is 7.10. The Morgan fingerprint density at radius 2 is 1.70 bits per heavy atom. The molecule has 1 nitrogen and oxygen atoms in total. The van der Waals surface area contributed by atoms with Crippen molar-refractivity contribution < 1.29 is 62.0 Å². The van der Waals surface area contributed by atoms with Gasteiger partial charge in [-0.25, -0.2) is 0 Å². The van der Waals surface area contributed by atoms with Gasteiger partial charge in [0.25, 0.3) is 0 Å². The standard InChI is InChI=1S/C5H11NS2.2Na.2H/c1-3-6(4-2)5(7)8;;;;/h3-4H2,1-2H3,(H,7,8);;;;/q;2*+1;2*-1. The van der Waals surface area contributed by atoms with Crippen LogP contribution in [-0.2, 0) is 0 Å². The summed E-state index contributed by atoms with van der Waals surface area (Å²) in [5, 5.41) is 0. The summed E-state index contributed by atoms with van der Waals surface area (Å²) < 4.78 is 0.690. The Balaban J connectivity index is -0.0000000408. The van der Waals surface area contributed by atoms with E-state index >= 15 is 0 Å². The molecule has 0 bridgehead atoms. The smallest absolute Gasteiger partial charge is 1.00 e. The second-order valence-electron chi connectivity index (χ2n) is 1.45. The van der Waals surface area contributed by atoms with E-state index in [9.17, 15) is 0 Å². The van der Waals surface area contributed by atoms with Gasteiger partial charge in [-0.3, -0.25) is 0 Å². The number of nitrogens with zero attached hydrogens (tertiary/aromatic N) is 1. The number of hydrogen-bond donors (Lipinski definition) is 1. The molecule has 0 unspecified atom stereocenters. The van der Waals surface area contributed by atoms with E-state index in [0.717, 1.165) is 13.1 Å². The molecular weight excluding hydrogens is 184 g/mol. The molecule has 0 N–H and O–H groups in total. The summed E-state index contributed by atoms with van der Waals surface area (Å²) in [6.45, 7) is 6.04. The maximum Gasteiger partial charge on any atom is 1.00 e. The zero-order valence-corrected chi connectivity index (χ0v) is 12.9. The van der Waals surface area contributed by atoms with Crippen molar-refractivity contribution in [2.75, 3.05) is 13.1 Å². The first-order chi connectivity index (χ1) is 3.72. The topological polar surface area (TPSA) is 3.24 Å². The van der Waals surface area contributed by atoms with E-state index in [1.807, 2.05) is 4.90 Å². The van der Waals surface area contributed by atoms with Gasteiger partial charge >= 0.3 is 59.1 Å². The Kier molecular flexibility index (Phi) is 20.4. The van der Waals surface area contributed by atoms with Crippen LogP contribution >= 0.6 is 24.8 Å². The van der Waals surface area contributed by atoms with Gasteiger partial charge in [-0.05, 0) is 13.8 Å². The summed E-state index contributed by atoms with van der Waals surface area (Å²) in [6, 6.07) is 0. The predicted octanol–water partition coefficient (Wildman–Crippen LogP) is -4.22. The average Bonchev–Trinajstić information content (AvgIpc) is 1.69. The van der Waals surface area contributed by atoms with Crippen molar-refractivity contribution in [3.63, 3.8) is 0 Å². The van der Waals surface area contributed by atoms with Crippen molar-refractivity contribution in [3.05, 3.63) is 0 Å². The second kappa shape index (κ2) is 11.2. The molecule has 0 aromatic rings. The Labute approximate surface area is 121 Å². The molecule has 0 spiro atoms. The van der Waals surface area contributed by atoms with Gasteiger partial charge in [0.2, 0.25) is 0 Å². The minimum absolute atomic E-state index is 0. The third-order valence-corrected chi connectivity index (χ3v) is 1.58. The molecule has 0 saturated heterocycles. The van der Waals surface area contributed by atoms with Crippen LogP contribution in [0.3, 0.4) is 0 Å². The van der Waals surface area contributed by atoms with Gasteiger partial charge in [0.05, 0.1) is 0 Å². The van der Waals surface area contributed by atoms with E-state index in [-0.39, 0.29) is 62.0 Å². The summed E-state index contributed by atoms with van der Waals surface area (Å²) in [6.07, 6.45) is 0. The summed E-state index contributed by atoms with van der Waals surface area (Å²) in [5.41, 5.74) is 0. The summed E-state index contributed by atoms with van der Waals surface area (Å²) in [4.78, 5) is 2.01. The molecule has 0 amide bonds. The molecule has 0 aromatic carbocycles. The fourth-order valence-corrected chi connectivity index (χ4v) is 1.04. The maximum absolute atomic E-state index is 4.81. The number of thiol groups is 1. The summed E-state index contributed by atoms with van der Waals surface area (Å²) in [7, 11) is 0. The van der Waals surface area contributed by atoms with Gasteiger partial charge in [0, 0.05) is 13.1 Å². The van der Waals surface area contributed by atoms with Crippen LogP contribution in [0.1, 0.15) is 16.7 Å². The predicted molar refractivity (Wildman–Crippen MR) is 46.7 cm³/mol. The van der Waals surface area contributed by atoms with Gasteiger partial charge in [-0.1, -0.05) is 12.2 Å². The molecule has 0 saturated carbocycles. The zero-order chi connectivity index (χ0) is 6.57. The van der Waals surface area contributed by atoms with Crippen LogP contribution in [0.4, 0.5) is 0 Å². The molecule has 10 heavy (non-hydrogen) atoms. The quantitative estimate of drug-likeness (QED) is 0.271. The van der Waals surface area contributed by atoms with Gasteiger partial charge in [-0.2, -0.15) is 0 Å². The van der Waals surface area contributed by atoms with Crippen LogP contribution in [0.25, 0.3) is 0 Å². The molecule has 5 heteroatoms. The van der Waals surface area contributed by atoms with Crippen molar-refractivity contribution in [3.8, 4) is 0 Å². The fourth-order valence-electron chi connectivity index (χ4n) is 0.494. The molecular formula is C5H13NNa2S2. The van der Waals surface area contributed by atoms with Crippen molar-refractivity contribution in [1.29, 1.82) is 0 Å². The molecule has 0 aromatic heterocycles. The molecule has 52 valence electrons. The maximum atomic E-state index is 4.81. The third-order valence-electron chi connectivity index (χ3n) is 1.03. The fraction of sp³-hybridized carbons (Fsp3) is 0.800. The van der Waals surface area contributed by atoms with Crippen LogP contribution in [-0.4, -0.2) is 22.3 Å². The molecule has 0 heterocycles. The first-order valence-electron chi connectivity index (χ1n) is 2.70. The van der Waals surface area contributed by atoms with Gasteiger partial charge in [0.15, 0.2) is 0 Å². The first-order valence-corrected chi connectivity index (χ1v) is 3.55. The summed E-state index contributed by atoms with van der Waals surface area (Å²) in [5.74, 6) is 0. The molecule has 0 atom stereocenters. The van der Waals surface area contributed by atoms with Crippen molar-refractivity contribution in [2.24, 2.45) is 0 Å². The Morgan fingerprint density at radius 3 is 1.70 bits per heavy atom. The van der Waals surface area contributed by atoms with Crippen LogP contribution in [0.2, 0.25) is 0 Å². The van der Waals surface area contributed by atoms with Crippen LogP contribution in [0.15, 0.2) is 0 Å². The number of hydrogen-bond acceptors (Lipinski definition) is 1. The summed E-state index contributed by atoms with van der Waals surface area (Å²) >= 11 is 8.82. The van der Waals surface area contributed by atoms with Crippen LogP contribution in [0.5, 0.6) is 0 Å². The van der Waals surface area contributed by atoms with Gasteiger partial charge in [0.1, 0.15) is 4.32 Å². The molecule has 0 aliphatic heterocycles. The zero-order valence-electron chi connectivity index (χ0n) is 9.22. The van der Waals surface area contributed by atoms with Crippen LogP contribution < -0.4 is 59.1 Å². The monoisotopic (exact) mass is 197 g/mol. The van der Waals surface area contributed by atoms with Crippen LogP contribution in [0, 0.1) is 0 Å². The largest absolute Gasteiger partial charge is 1.00 e.